The van der Waals surface area contributed by atoms with Crippen molar-refractivity contribution in [3.05, 3.63) is 0 Å². The van der Waals surface area contributed by atoms with Gasteiger partial charge in [0.1, 0.15) is 6.79 Å². The second-order valence-electron chi connectivity index (χ2n) is 2.72. The maximum atomic E-state index is 5.51. The van der Waals surface area contributed by atoms with E-state index in [1.807, 2.05) is 0 Å². The molecule has 0 aromatic heterocycles. The first-order valence-electron chi connectivity index (χ1n) is 3.39. The van der Waals surface area contributed by atoms with Gasteiger partial charge in [0.2, 0.25) is 0 Å². The summed E-state index contributed by atoms with van der Waals surface area (Å²) in [6.45, 7) is 2.69. The fourth-order valence-corrected chi connectivity index (χ4v) is 0.936. The van der Waals surface area contributed by atoms with Gasteiger partial charge in [0.05, 0.1) is 13.2 Å². The summed E-state index contributed by atoms with van der Waals surface area (Å²) >= 11 is 0. The summed E-state index contributed by atoms with van der Waals surface area (Å²) in [5.41, 5.74) is 10.9. The van der Waals surface area contributed by atoms with Crippen molar-refractivity contribution >= 4 is 0 Å². The van der Waals surface area contributed by atoms with E-state index in [2.05, 4.69) is 0 Å². The number of ether oxygens (including phenoxy) is 2. The predicted molar refractivity (Wildman–Crippen MR) is 37.3 cm³/mol. The average Bonchev–Trinajstić information content (AvgIpc) is 2.06. The Labute approximate surface area is 80.9 Å². The fraction of sp³-hybridized carbons (Fsp3) is 1.00. The summed E-state index contributed by atoms with van der Waals surface area (Å²) < 4.78 is 10.2. The zero-order chi connectivity index (χ0) is 7.45. The molecule has 5 heteroatoms. The minimum Gasteiger partial charge on any atom is -0.355 e. The quantitative estimate of drug-likeness (QED) is 0.669. The monoisotopic (exact) mass is 341 g/mol. The summed E-state index contributed by atoms with van der Waals surface area (Å²) in [5.74, 6) is 0. The summed E-state index contributed by atoms with van der Waals surface area (Å²) in [4.78, 5) is 0. The van der Waals surface area contributed by atoms with E-state index in [1.54, 1.807) is 0 Å². The molecule has 4 nitrogen and oxygen atoms in total. The molecular formula is C6H14N2O2Pt. The van der Waals surface area contributed by atoms with E-state index >= 15 is 0 Å². The Hall–Kier alpha value is 0.528. The van der Waals surface area contributed by atoms with Crippen LogP contribution in [0.25, 0.3) is 0 Å². The van der Waals surface area contributed by atoms with Crippen molar-refractivity contribution < 1.29 is 30.5 Å². The molecule has 1 heterocycles. The molecule has 0 amide bonds. The van der Waals surface area contributed by atoms with Crippen molar-refractivity contribution in [3.63, 3.8) is 0 Å². The van der Waals surface area contributed by atoms with Crippen LogP contribution in [-0.2, 0) is 30.5 Å². The van der Waals surface area contributed by atoms with Crippen LogP contribution in [0, 0.1) is 5.41 Å². The van der Waals surface area contributed by atoms with Crippen molar-refractivity contribution in [2.24, 2.45) is 16.9 Å². The molecule has 11 heavy (non-hydrogen) atoms. The van der Waals surface area contributed by atoms with Crippen LogP contribution < -0.4 is 11.5 Å². The molecule has 0 aliphatic carbocycles. The maximum absolute atomic E-state index is 5.51. The molecule has 0 bridgehead atoms. The molecule has 1 aliphatic heterocycles. The third kappa shape index (κ3) is 2.80. The van der Waals surface area contributed by atoms with Gasteiger partial charge < -0.3 is 20.9 Å². The second-order valence-corrected chi connectivity index (χ2v) is 2.72. The molecule has 1 rings (SSSR count). The summed E-state index contributed by atoms with van der Waals surface area (Å²) in [6.07, 6.45) is 0. The Kier molecular flexibility index (Phi) is 5.47. The van der Waals surface area contributed by atoms with Crippen molar-refractivity contribution in [1.29, 1.82) is 0 Å². The largest absolute Gasteiger partial charge is 0.355 e. The van der Waals surface area contributed by atoms with Crippen molar-refractivity contribution in [2.45, 2.75) is 0 Å². The van der Waals surface area contributed by atoms with Gasteiger partial charge in [-0.15, -0.1) is 0 Å². The smallest absolute Gasteiger partial charge is 0.146 e. The van der Waals surface area contributed by atoms with Crippen molar-refractivity contribution in [3.8, 4) is 0 Å². The van der Waals surface area contributed by atoms with Gasteiger partial charge in [-0.25, -0.2) is 0 Å². The molecule has 0 aromatic carbocycles. The van der Waals surface area contributed by atoms with Crippen LogP contribution in [0.2, 0.25) is 0 Å². The van der Waals surface area contributed by atoms with Gasteiger partial charge in [0.15, 0.2) is 0 Å². The first kappa shape index (κ1) is 11.5. The SMILES string of the molecule is NCC1(CN)COCOC1.[Pt]. The zero-order valence-corrected chi connectivity index (χ0v) is 8.60. The third-order valence-corrected chi connectivity index (χ3v) is 1.85. The molecule has 0 spiro atoms. The Morgan fingerprint density at radius 3 is 1.82 bits per heavy atom. The van der Waals surface area contributed by atoms with E-state index in [1.165, 1.54) is 0 Å². The minimum absolute atomic E-state index is 0. The number of hydrogen-bond donors (Lipinski definition) is 2. The Balaban J connectivity index is 0.000001000. The normalized spacial score (nSPS) is 22.4. The van der Waals surface area contributed by atoms with Gasteiger partial charge in [-0.1, -0.05) is 0 Å². The van der Waals surface area contributed by atoms with E-state index in [9.17, 15) is 0 Å². The molecule has 70 valence electrons. The summed E-state index contributed by atoms with van der Waals surface area (Å²) in [5, 5.41) is 0. The van der Waals surface area contributed by atoms with E-state index in [0.717, 1.165) is 0 Å². The van der Waals surface area contributed by atoms with Gasteiger partial charge >= 0.3 is 0 Å². The van der Waals surface area contributed by atoms with Crippen LogP contribution >= 0.6 is 0 Å². The van der Waals surface area contributed by atoms with Gasteiger partial charge in [0, 0.05) is 39.6 Å². The Bertz CT molecular complexity index is 101. The molecule has 0 radical (unpaired) electrons. The molecule has 1 saturated heterocycles. The van der Waals surface area contributed by atoms with Crippen molar-refractivity contribution in [2.75, 3.05) is 33.1 Å². The first-order chi connectivity index (χ1) is 4.83. The van der Waals surface area contributed by atoms with Crippen LogP contribution in [0.1, 0.15) is 0 Å². The van der Waals surface area contributed by atoms with Gasteiger partial charge in [0.25, 0.3) is 0 Å². The maximum Gasteiger partial charge on any atom is 0.146 e. The third-order valence-electron chi connectivity index (χ3n) is 1.85. The van der Waals surface area contributed by atoms with E-state index in [0.29, 0.717) is 33.1 Å². The Morgan fingerprint density at radius 2 is 1.55 bits per heavy atom. The standard InChI is InChI=1S/C6H14N2O2.Pt/c7-1-6(2-8)3-9-5-10-4-6;/h1-5,7-8H2;. The van der Waals surface area contributed by atoms with Crippen LogP contribution in [0.4, 0.5) is 0 Å². The van der Waals surface area contributed by atoms with E-state index in [-0.39, 0.29) is 26.5 Å². The minimum atomic E-state index is -0.127. The molecule has 0 saturated carbocycles. The molecular weight excluding hydrogens is 327 g/mol. The Morgan fingerprint density at radius 1 is 1.09 bits per heavy atom. The van der Waals surface area contributed by atoms with Gasteiger partial charge in [-0.3, -0.25) is 0 Å². The molecule has 0 unspecified atom stereocenters. The van der Waals surface area contributed by atoms with Crippen LogP contribution in [0.5, 0.6) is 0 Å². The molecule has 0 atom stereocenters. The summed E-state index contributed by atoms with van der Waals surface area (Å²) in [6, 6.07) is 0. The number of nitrogens with two attached hydrogens (primary N) is 2. The molecule has 1 fully saturated rings. The zero-order valence-electron chi connectivity index (χ0n) is 6.32. The van der Waals surface area contributed by atoms with E-state index in [4.69, 9.17) is 20.9 Å². The van der Waals surface area contributed by atoms with Crippen LogP contribution in [0.3, 0.4) is 0 Å². The van der Waals surface area contributed by atoms with Gasteiger partial charge in [-0.2, -0.15) is 0 Å². The molecule has 0 aromatic rings. The first-order valence-corrected chi connectivity index (χ1v) is 3.39. The fourth-order valence-electron chi connectivity index (χ4n) is 0.936. The second kappa shape index (κ2) is 5.22. The van der Waals surface area contributed by atoms with Crippen LogP contribution in [0.15, 0.2) is 0 Å². The average molecular weight is 341 g/mol. The van der Waals surface area contributed by atoms with Crippen molar-refractivity contribution in [1.82, 2.24) is 0 Å². The predicted octanol–water partition coefficient (Wildman–Crippen LogP) is -1.11. The number of hydrogen-bond acceptors (Lipinski definition) is 4. The summed E-state index contributed by atoms with van der Waals surface area (Å²) in [7, 11) is 0. The number of rotatable bonds is 2. The van der Waals surface area contributed by atoms with Crippen LogP contribution in [-0.4, -0.2) is 33.1 Å². The molecule has 4 N–H and O–H groups in total. The topological polar surface area (TPSA) is 70.5 Å². The van der Waals surface area contributed by atoms with Gasteiger partial charge in [-0.05, 0) is 0 Å². The van der Waals surface area contributed by atoms with E-state index < -0.39 is 0 Å². The molecule has 1 aliphatic rings.